The second-order valence-corrected chi connectivity index (χ2v) is 5.31. The molecule has 0 atom stereocenters. The van der Waals surface area contributed by atoms with Gasteiger partial charge in [-0.25, -0.2) is 4.98 Å². The molecule has 0 aliphatic carbocycles. The smallest absolute Gasteiger partial charge is 0.145 e. The van der Waals surface area contributed by atoms with E-state index in [-0.39, 0.29) is 5.78 Å². The topological polar surface area (TPSA) is 47.8 Å². The zero-order valence-corrected chi connectivity index (χ0v) is 11.8. The van der Waals surface area contributed by atoms with E-state index in [2.05, 4.69) is 10.1 Å². The number of aromatic nitrogens is 3. The first kappa shape index (κ1) is 13.0. The fourth-order valence-electron chi connectivity index (χ4n) is 1.93. The number of ketones is 1. The third-order valence-electron chi connectivity index (χ3n) is 2.68. The molecule has 0 aliphatic rings. The number of Topliss-reactive ketones (excluding diaryl/α,β-unsaturated/α-hetero) is 1. The Labute approximate surface area is 111 Å². The highest BCUT2D eigenvalue weighted by molar-refractivity contribution is 7.09. The van der Waals surface area contributed by atoms with Crippen LogP contribution in [0.5, 0.6) is 0 Å². The molecule has 0 unspecified atom stereocenters. The molecule has 0 radical (unpaired) electrons. The van der Waals surface area contributed by atoms with Crippen LogP contribution >= 0.6 is 11.3 Å². The van der Waals surface area contributed by atoms with Gasteiger partial charge in [0.2, 0.25) is 0 Å². The van der Waals surface area contributed by atoms with Crippen LogP contribution < -0.4 is 0 Å². The van der Waals surface area contributed by atoms with E-state index in [1.54, 1.807) is 11.3 Å². The number of aryl methyl sites for hydroxylation is 3. The fourth-order valence-corrected chi connectivity index (χ4v) is 2.73. The van der Waals surface area contributed by atoms with Crippen molar-refractivity contribution in [2.75, 3.05) is 0 Å². The van der Waals surface area contributed by atoms with Crippen LogP contribution in [0.25, 0.3) is 0 Å². The van der Waals surface area contributed by atoms with E-state index >= 15 is 0 Å². The van der Waals surface area contributed by atoms with Crippen LogP contribution in [-0.2, 0) is 24.2 Å². The first-order chi connectivity index (χ1) is 8.58. The molecule has 0 aromatic carbocycles. The molecule has 2 aromatic rings. The van der Waals surface area contributed by atoms with Gasteiger partial charge in [0, 0.05) is 29.7 Å². The number of carbonyl (C=O) groups is 1. The van der Waals surface area contributed by atoms with Gasteiger partial charge in [0.1, 0.15) is 10.8 Å². The highest BCUT2D eigenvalue weighted by Crippen LogP contribution is 2.12. The van der Waals surface area contributed by atoms with Gasteiger partial charge < -0.3 is 0 Å². The van der Waals surface area contributed by atoms with Crippen molar-refractivity contribution in [3.63, 3.8) is 0 Å². The van der Waals surface area contributed by atoms with Gasteiger partial charge in [-0.1, -0.05) is 0 Å². The summed E-state index contributed by atoms with van der Waals surface area (Å²) in [4.78, 5) is 16.3. The lowest BCUT2D eigenvalue weighted by molar-refractivity contribution is -0.117. The predicted molar refractivity (Wildman–Crippen MR) is 71.9 cm³/mol. The van der Waals surface area contributed by atoms with E-state index in [0.717, 1.165) is 28.6 Å². The average Bonchev–Trinajstić information content (AvgIpc) is 2.85. The van der Waals surface area contributed by atoms with Gasteiger partial charge in [-0.15, -0.1) is 11.3 Å². The Kier molecular flexibility index (Phi) is 3.91. The Morgan fingerprint density at radius 3 is 2.72 bits per heavy atom. The fraction of sp³-hybridized carbons (Fsp3) is 0.462. The maximum Gasteiger partial charge on any atom is 0.145 e. The molecule has 18 heavy (non-hydrogen) atoms. The van der Waals surface area contributed by atoms with Gasteiger partial charge in [-0.3, -0.25) is 9.48 Å². The molecular formula is C13H17N3OS. The van der Waals surface area contributed by atoms with E-state index < -0.39 is 0 Å². The molecule has 0 bridgehead atoms. The number of nitrogens with zero attached hydrogens (tertiary/aromatic N) is 3. The van der Waals surface area contributed by atoms with Crippen LogP contribution in [0.1, 0.15) is 29.0 Å². The lowest BCUT2D eigenvalue weighted by atomic mass is 10.1. The summed E-state index contributed by atoms with van der Waals surface area (Å²) in [6, 6.07) is 1.98. The van der Waals surface area contributed by atoms with E-state index in [0.29, 0.717) is 12.8 Å². The SMILES string of the molecule is CCn1nc(C)cc1CC(=O)Cc1nc(C)cs1. The minimum Gasteiger partial charge on any atom is -0.299 e. The van der Waals surface area contributed by atoms with Crippen molar-refractivity contribution in [3.05, 3.63) is 33.5 Å². The van der Waals surface area contributed by atoms with E-state index in [4.69, 9.17) is 0 Å². The number of thiazole rings is 1. The molecule has 96 valence electrons. The molecule has 0 spiro atoms. The van der Waals surface area contributed by atoms with Gasteiger partial charge in [-0.2, -0.15) is 5.10 Å². The molecule has 2 heterocycles. The number of hydrogen-bond donors (Lipinski definition) is 0. The molecule has 0 amide bonds. The molecule has 2 aromatic heterocycles. The van der Waals surface area contributed by atoms with Crippen LogP contribution in [-0.4, -0.2) is 20.5 Å². The van der Waals surface area contributed by atoms with Gasteiger partial charge in [0.05, 0.1) is 12.1 Å². The second-order valence-electron chi connectivity index (χ2n) is 4.37. The van der Waals surface area contributed by atoms with Gasteiger partial charge in [-0.05, 0) is 26.8 Å². The van der Waals surface area contributed by atoms with E-state index in [1.807, 2.05) is 36.9 Å². The van der Waals surface area contributed by atoms with Crippen molar-refractivity contribution in [1.29, 1.82) is 0 Å². The van der Waals surface area contributed by atoms with Crippen molar-refractivity contribution in [2.24, 2.45) is 0 Å². The highest BCUT2D eigenvalue weighted by atomic mass is 32.1. The van der Waals surface area contributed by atoms with E-state index in [1.165, 1.54) is 0 Å². The Hall–Kier alpha value is -1.49. The van der Waals surface area contributed by atoms with Gasteiger partial charge in [0.15, 0.2) is 0 Å². The van der Waals surface area contributed by atoms with Gasteiger partial charge >= 0.3 is 0 Å². The standard InChI is InChI=1S/C13H17N3OS/c1-4-16-11(5-9(2)15-16)6-12(17)7-13-14-10(3)8-18-13/h5,8H,4,6-7H2,1-3H3. The Morgan fingerprint density at radius 1 is 1.33 bits per heavy atom. The third-order valence-corrected chi connectivity index (χ3v) is 3.64. The highest BCUT2D eigenvalue weighted by Gasteiger charge is 2.12. The molecule has 2 rings (SSSR count). The summed E-state index contributed by atoms with van der Waals surface area (Å²) in [5.74, 6) is 0.193. The normalized spacial score (nSPS) is 10.8. The molecular weight excluding hydrogens is 246 g/mol. The number of rotatable bonds is 5. The maximum atomic E-state index is 12.0. The lowest BCUT2D eigenvalue weighted by Gasteiger charge is -2.02. The third kappa shape index (κ3) is 3.04. The van der Waals surface area contributed by atoms with Gasteiger partial charge in [0.25, 0.3) is 0 Å². The second kappa shape index (κ2) is 5.44. The Morgan fingerprint density at radius 2 is 2.11 bits per heavy atom. The number of carbonyl (C=O) groups excluding carboxylic acids is 1. The van der Waals surface area contributed by atoms with Crippen molar-refractivity contribution in [1.82, 2.24) is 14.8 Å². The summed E-state index contributed by atoms with van der Waals surface area (Å²) < 4.78 is 1.89. The summed E-state index contributed by atoms with van der Waals surface area (Å²) in [5.41, 5.74) is 2.94. The van der Waals surface area contributed by atoms with E-state index in [9.17, 15) is 4.79 Å². The Balaban J connectivity index is 2.02. The average molecular weight is 263 g/mol. The Bertz CT molecular complexity index is 556. The maximum absolute atomic E-state index is 12.0. The van der Waals surface area contributed by atoms with Crippen LogP contribution in [0.4, 0.5) is 0 Å². The molecule has 5 heteroatoms. The van der Waals surface area contributed by atoms with Crippen molar-refractivity contribution in [3.8, 4) is 0 Å². The summed E-state index contributed by atoms with van der Waals surface area (Å²) in [6.45, 7) is 6.72. The minimum absolute atomic E-state index is 0.193. The summed E-state index contributed by atoms with van der Waals surface area (Å²) >= 11 is 1.55. The summed E-state index contributed by atoms with van der Waals surface area (Å²) in [5, 5.41) is 7.22. The first-order valence-corrected chi connectivity index (χ1v) is 6.92. The molecule has 0 saturated carbocycles. The molecule has 0 fully saturated rings. The largest absolute Gasteiger partial charge is 0.299 e. The molecule has 4 nitrogen and oxygen atoms in total. The van der Waals surface area contributed by atoms with Crippen molar-refractivity contribution in [2.45, 2.75) is 40.2 Å². The quantitative estimate of drug-likeness (QED) is 0.832. The minimum atomic E-state index is 0.193. The zero-order chi connectivity index (χ0) is 13.1. The molecule has 0 aliphatic heterocycles. The van der Waals surface area contributed by atoms with Crippen molar-refractivity contribution >= 4 is 17.1 Å². The molecule has 0 N–H and O–H groups in total. The van der Waals surface area contributed by atoms with Crippen LogP contribution in [0.3, 0.4) is 0 Å². The van der Waals surface area contributed by atoms with Crippen LogP contribution in [0.15, 0.2) is 11.4 Å². The summed E-state index contributed by atoms with van der Waals surface area (Å²) in [6.07, 6.45) is 0.861. The molecule has 0 saturated heterocycles. The predicted octanol–water partition coefficient (Wildman–Crippen LogP) is 2.33. The number of hydrogen-bond acceptors (Lipinski definition) is 4. The van der Waals surface area contributed by atoms with Crippen LogP contribution in [0, 0.1) is 13.8 Å². The monoisotopic (exact) mass is 263 g/mol. The van der Waals surface area contributed by atoms with Crippen molar-refractivity contribution < 1.29 is 4.79 Å². The summed E-state index contributed by atoms with van der Waals surface area (Å²) in [7, 11) is 0. The lowest BCUT2D eigenvalue weighted by Crippen LogP contribution is -2.11. The zero-order valence-electron chi connectivity index (χ0n) is 10.9. The van der Waals surface area contributed by atoms with Crippen LogP contribution in [0.2, 0.25) is 0 Å². The first-order valence-electron chi connectivity index (χ1n) is 6.04.